The zero-order valence-electron chi connectivity index (χ0n) is 9.35. The number of Topliss-reactive ketones (excluding diaryl/α,β-unsaturated/α-hetero) is 1. The van der Waals surface area contributed by atoms with Crippen LogP contribution in [-0.2, 0) is 12.8 Å². The van der Waals surface area contributed by atoms with Crippen LogP contribution < -0.4 is 0 Å². The van der Waals surface area contributed by atoms with Gasteiger partial charge in [0.1, 0.15) is 5.69 Å². The van der Waals surface area contributed by atoms with Crippen LogP contribution in [0.4, 0.5) is 0 Å². The molecule has 0 amide bonds. The Kier molecular flexibility index (Phi) is 2.73. The Hall–Kier alpha value is -1.55. The SMILES string of the molecule is O=C1CCCc2sc(Cc3ccccn3)nc21. The Morgan fingerprint density at radius 2 is 2.24 bits per heavy atom. The van der Waals surface area contributed by atoms with Crippen LogP contribution in [0.1, 0.15) is 38.9 Å². The number of hydrogen-bond acceptors (Lipinski definition) is 4. The van der Waals surface area contributed by atoms with Gasteiger partial charge in [-0.3, -0.25) is 9.78 Å². The minimum Gasteiger partial charge on any atom is -0.292 e. The second kappa shape index (κ2) is 4.37. The lowest BCUT2D eigenvalue weighted by molar-refractivity contribution is 0.0968. The first kappa shape index (κ1) is 10.6. The number of hydrogen-bond donors (Lipinski definition) is 0. The molecule has 2 aromatic rings. The molecule has 0 saturated heterocycles. The third kappa shape index (κ3) is 2.13. The number of pyridine rings is 1. The van der Waals surface area contributed by atoms with Gasteiger partial charge in [0.15, 0.2) is 5.78 Å². The van der Waals surface area contributed by atoms with Crippen molar-refractivity contribution in [3.8, 4) is 0 Å². The molecule has 4 heteroatoms. The summed E-state index contributed by atoms with van der Waals surface area (Å²) < 4.78 is 0. The number of ketones is 1. The van der Waals surface area contributed by atoms with Gasteiger partial charge in [-0.1, -0.05) is 6.07 Å². The van der Waals surface area contributed by atoms with Crippen molar-refractivity contribution in [1.29, 1.82) is 0 Å². The summed E-state index contributed by atoms with van der Waals surface area (Å²) in [6, 6.07) is 5.86. The summed E-state index contributed by atoms with van der Waals surface area (Å²) in [5.41, 5.74) is 1.72. The average Bonchev–Trinajstić information content (AvgIpc) is 2.74. The van der Waals surface area contributed by atoms with Gasteiger partial charge in [-0.2, -0.15) is 0 Å². The van der Waals surface area contributed by atoms with Crippen molar-refractivity contribution in [2.75, 3.05) is 0 Å². The van der Waals surface area contributed by atoms with Crippen molar-refractivity contribution in [3.05, 3.63) is 45.7 Å². The van der Waals surface area contributed by atoms with Gasteiger partial charge in [-0.15, -0.1) is 11.3 Å². The van der Waals surface area contributed by atoms with Crippen LogP contribution in [0.25, 0.3) is 0 Å². The molecule has 17 heavy (non-hydrogen) atoms. The third-order valence-electron chi connectivity index (χ3n) is 2.87. The van der Waals surface area contributed by atoms with Gasteiger partial charge in [-0.05, 0) is 25.0 Å². The molecule has 0 spiro atoms. The topological polar surface area (TPSA) is 42.9 Å². The number of aryl methyl sites for hydroxylation is 1. The summed E-state index contributed by atoms with van der Waals surface area (Å²) in [4.78, 5) is 21.6. The summed E-state index contributed by atoms with van der Waals surface area (Å²) in [5.74, 6) is 0.203. The van der Waals surface area contributed by atoms with E-state index in [1.807, 2.05) is 18.2 Å². The van der Waals surface area contributed by atoms with E-state index in [2.05, 4.69) is 9.97 Å². The molecule has 0 bridgehead atoms. The quantitative estimate of drug-likeness (QED) is 0.815. The van der Waals surface area contributed by atoms with Crippen LogP contribution in [-0.4, -0.2) is 15.8 Å². The van der Waals surface area contributed by atoms with Crippen molar-refractivity contribution < 1.29 is 4.79 Å². The summed E-state index contributed by atoms with van der Waals surface area (Å²) in [7, 11) is 0. The highest BCUT2D eigenvalue weighted by atomic mass is 32.1. The molecule has 2 aromatic heterocycles. The van der Waals surface area contributed by atoms with Crippen molar-refractivity contribution >= 4 is 17.1 Å². The fourth-order valence-electron chi connectivity index (χ4n) is 2.05. The monoisotopic (exact) mass is 244 g/mol. The van der Waals surface area contributed by atoms with Crippen LogP contribution >= 0.6 is 11.3 Å². The predicted octanol–water partition coefficient (Wildman–Crippen LogP) is 2.65. The number of carbonyl (C=O) groups excluding carboxylic acids is 1. The van der Waals surface area contributed by atoms with E-state index in [0.29, 0.717) is 12.1 Å². The van der Waals surface area contributed by atoms with Crippen LogP contribution in [0.3, 0.4) is 0 Å². The molecule has 86 valence electrons. The maximum atomic E-state index is 11.7. The van der Waals surface area contributed by atoms with Gasteiger partial charge in [-0.25, -0.2) is 4.98 Å². The largest absolute Gasteiger partial charge is 0.292 e. The number of carbonyl (C=O) groups is 1. The summed E-state index contributed by atoms with van der Waals surface area (Å²) in [6.07, 6.45) is 5.14. The van der Waals surface area contributed by atoms with Crippen molar-refractivity contribution in [1.82, 2.24) is 9.97 Å². The molecule has 0 aromatic carbocycles. The number of aromatic nitrogens is 2. The zero-order chi connectivity index (χ0) is 11.7. The van der Waals surface area contributed by atoms with Crippen molar-refractivity contribution in [2.24, 2.45) is 0 Å². The molecule has 3 nitrogen and oxygen atoms in total. The minimum atomic E-state index is 0.203. The second-order valence-electron chi connectivity index (χ2n) is 4.15. The predicted molar refractivity (Wildman–Crippen MR) is 66.4 cm³/mol. The molecular formula is C13H12N2OS. The molecule has 2 heterocycles. The van der Waals surface area contributed by atoms with Gasteiger partial charge in [0.05, 0.1) is 5.01 Å². The lowest BCUT2D eigenvalue weighted by atomic mass is 10.0. The van der Waals surface area contributed by atoms with Crippen LogP contribution in [0.2, 0.25) is 0 Å². The molecule has 0 aliphatic heterocycles. The highest BCUT2D eigenvalue weighted by molar-refractivity contribution is 7.12. The fraction of sp³-hybridized carbons (Fsp3) is 0.308. The molecular weight excluding hydrogens is 232 g/mol. The number of thiazole rings is 1. The van der Waals surface area contributed by atoms with Gasteiger partial charge in [0.25, 0.3) is 0 Å². The van der Waals surface area contributed by atoms with E-state index < -0.39 is 0 Å². The molecule has 1 aliphatic rings. The van der Waals surface area contributed by atoms with E-state index in [1.54, 1.807) is 17.5 Å². The Bertz CT molecular complexity index is 548. The number of fused-ring (bicyclic) bond motifs is 1. The molecule has 1 aliphatic carbocycles. The summed E-state index contributed by atoms with van der Waals surface area (Å²) in [6.45, 7) is 0. The highest BCUT2D eigenvalue weighted by Gasteiger charge is 2.22. The van der Waals surface area contributed by atoms with E-state index >= 15 is 0 Å². The summed E-state index contributed by atoms with van der Waals surface area (Å²) >= 11 is 1.66. The number of rotatable bonds is 2. The van der Waals surface area contributed by atoms with Gasteiger partial charge in [0, 0.05) is 29.6 Å². The maximum absolute atomic E-state index is 11.7. The van der Waals surface area contributed by atoms with E-state index in [0.717, 1.165) is 34.8 Å². The van der Waals surface area contributed by atoms with E-state index in [1.165, 1.54) is 0 Å². The lowest BCUT2D eigenvalue weighted by Gasteiger charge is -2.06. The molecule has 0 fully saturated rings. The second-order valence-corrected chi connectivity index (χ2v) is 5.32. The lowest BCUT2D eigenvalue weighted by Crippen LogP contribution is -2.08. The van der Waals surface area contributed by atoms with E-state index in [-0.39, 0.29) is 5.78 Å². The van der Waals surface area contributed by atoms with Crippen LogP contribution in [0.5, 0.6) is 0 Å². The minimum absolute atomic E-state index is 0.203. The molecule has 0 N–H and O–H groups in total. The standard InChI is InChI=1S/C13H12N2OS/c16-10-5-3-6-11-13(10)15-12(17-11)8-9-4-1-2-7-14-9/h1-2,4,7H,3,5-6,8H2. The molecule has 3 rings (SSSR count). The van der Waals surface area contributed by atoms with Gasteiger partial charge < -0.3 is 0 Å². The normalized spacial score (nSPS) is 14.7. The Morgan fingerprint density at radius 3 is 3.00 bits per heavy atom. The fourth-order valence-corrected chi connectivity index (χ4v) is 3.19. The molecule has 0 unspecified atom stereocenters. The summed E-state index contributed by atoms with van der Waals surface area (Å²) in [5, 5.41) is 1.00. The zero-order valence-corrected chi connectivity index (χ0v) is 10.2. The smallest absolute Gasteiger partial charge is 0.182 e. The van der Waals surface area contributed by atoms with Crippen molar-refractivity contribution in [3.63, 3.8) is 0 Å². The molecule has 0 saturated carbocycles. The number of nitrogens with zero attached hydrogens (tertiary/aromatic N) is 2. The first-order valence-corrected chi connectivity index (χ1v) is 6.56. The van der Waals surface area contributed by atoms with Gasteiger partial charge in [0.2, 0.25) is 0 Å². The Labute approximate surface area is 104 Å². The van der Waals surface area contributed by atoms with E-state index in [4.69, 9.17) is 0 Å². The highest BCUT2D eigenvalue weighted by Crippen LogP contribution is 2.27. The Balaban J connectivity index is 1.88. The first-order chi connectivity index (χ1) is 8.33. The Morgan fingerprint density at radius 1 is 1.29 bits per heavy atom. The molecule has 0 atom stereocenters. The van der Waals surface area contributed by atoms with E-state index in [9.17, 15) is 4.79 Å². The van der Waals surface area contributed by atoms with Crippen LogP contribution in [0, 0.1) is 0 Å². The van der Waals surface area contributed by atoms with Crippen LogP contribution in [0.15, 0.2) is 24.4 Å². The maximum Gasteiger partial charge on any atom is 0.182 e. The third-order valence-corrected chi connectivity index (χ3v) is 3.99. The van der Waals surface area contributed by atoms with Crippen molar-refractivity contribution in [2.45, 2.75) is 25.7 Å². The average molecular weight is 244 g/mol. The molecule has 0 radical (unpaired) electrons. The van der Waals surface area contributed by atoms with Gasteiger partial charge >= 0.3 is 0 Å². The first-order valence-electron chi connectivity index (χ1n) is 5.74.